The molecule has 1 unspecified atom stereocenters. The Hall–Kier alpha value is -3.12. The minimum absolute atomic E-state index is 0.129. The zero-order valence-corrected chi connectivity index (χ0v) is 16.5. The van der Waals surface area contributed by atoms with Crippen molar-refractivity contribution in [1.82, 2.24) is 0 Å². The standard InChI is InChI=1S/C22H22N2O3S/c1-16-8-6-7-11-21(16)24-28(26,27)20-14-12-19(13-15-20)23-22(25)17(2)18-9-4-3-5-10-18/h3-15,17,24H,1-2H3,(H,23,25). The van der Waals surface area contributed by atoms with Crippen molar-refractivity contribution in [2.45, 2.75) is 24.7 Å². The normalized spacial score (nSPS) is 12.2. The highest BCUT2D eigenvalue weighted by Gasteiger charge is 2.17. The van der Waals surface area contributed by atoms with E-state index >= 15 is 0 Å². The third-order valence-corrected chi connectivity index (χ3v) is 5.90. The van der Waals surface area contributed by atoms with Crippen LogP contribution in [0, 0.1) is 6.92 Å². The number of nitrogens with one attached hydrogen (secondary N) is 2. The van der Waals surface area contributed by atoms with Crippen LogP contribution in [0.1, 0.15) is 24.0 Å². The van der Waals surface area contributed by atoms with Gasteiger partial charge in [-0.05, 0) is 55.3 Å². The molecule has 0 aliphatic heterocycles. The van der Waals surface area contributed by atoms with Crippen LogP contribution in [0.4, 0.5) is 11.4 Å². The molecule has 0 bridgehead atoms. The number of anilines is 2. The number of hydrogen-bond acceptors (Lipinski definition) is 3. The minimum atomic E-state index is -3.70. The summed E-state index contributed by atoms with van der Waals surface area (Å²) in [5, 5.41) is 2.82. The van der Waals surface area contributed by atoms with E-state index in [1.165, 1.54) is 12.1 Å². The van der Waals surface area contributed by atoms with Gasteiger partial charge in [0.15, 0.2) is 0 Å². The highest BCUT2D eigenvalue weighted by Crippen LogP contribution is 2.22. The summed E-state index contributed by atoms with van der Waals surface area (Å²) >= 11 is 0. The van der Waals surface area contributed by atoms with Gasteiger partial charge in [-0.2, -0.15) is 0 Å². The van der Waals surface area contributed by atoms with Crippen molar-refractivity contribution >= 4 is 27.3 Å². The van der Waals surface area contributed by atoms with E-state index in [1.807, 2.05) is 56.3 Å². The van der Waals surface area contributed by atoms with Gasteiger partial charge in [0.2, 0.25) is 5.91 Å². The Labute approximate surface area is 165 Å². The summed E-state index contributed by atoms with van der Waals surface area (Å²) in [5.74, 6) is -0.466. The monoisotopic (exact) mass is 394 g/mol. The van der Waals surface area contributed by atoms with E-state index in [0.29, 0.717) is 11.4 Å². The molecule has 144 valence electrons. The molecule has 0 fully saturated rings. The van der Waals surface area contributed by atoms with Crippen LogP contribution < -0.4 is 10.0 Å². The number of carbonyl (C=O) groups is 1. The first-order valence-corrected chi connectivity index (χ1v) is 10.4. The molecule has 3 aromatic rings. The lowest BCUT2D eigenvalue weighted by Crippen LogP contribution is -2.19. The third kappa shape index (κ3) is 4.58. The molecule has 0 aliphatic rings. The van der Waals surface area contributed by atoms with Crippen molar-refractivity contribution < 1.29 is 13.2 Å². The number of sulfonamides is 1. The van der Waals surface area contributed by atoms with Crippen LogP contribution in [0.25, 0.3) is 0 Å². The zero-order chi connectivity index (χ0) is 20.1. The van der Waals surface area contributed by atoms with Gasteiger partial charge in [0.25, 0.3) is 10.0 Å². The fourth-order valence-corrected chi connectivity index (χ4v) is 3.88. The van der Waals surface area contributed by atoms with E-state index in [4.69, 9.17) is 0 Å². The highest BCUT2D eigenvalue weighted by molar-refractivity contribution is 7.92. The van der Waals surface area contributed by atoms with E-state index in [-0.39, 0.29) is 16.7 Å². The van der Waals surface area contributed by atoms with Crippen LogP contribution in [-0.2, 0) is 14.8 Å². The fourth-order valence-electron chi connectivity index (χ4n) is 2.75. The molecular weight excluding hydrogens is 372 g/mol. The zero-order valence-electron chi connectivity index (χ0n) is 15.7. The number of amides is 1. The molecule has 3 aromatic carbocycles. The van der Waals surface area contributed by atoms with Gasteiger partial charge in [-0.15, -0.1) is 0 Å². The molecule has 1 atom stereocenters. The molecule has 3 rings (SSSR count). The first-order valence-electron chi connectivity index (χ1n) is 8.91. The van der Waals surface area contributed by atoms with E-state index in [1.54, 1.807) is 24.3 Å². The summed E-state index contributed by atoms with van der Waals surface area (Å²) < 4.78 is 27.8. The van der Waals surface area contributed by atoms with Gasteiger partial charge in [0.05, 0.1) is 16.5 Å². The van der Waals surface area contributed by atoms with Gasteiger partial charge in [-0.25, -0.2) is 8.42 Å². The highest BCUT2D eigenvalue weighted by atomic mass is 32.2. The predicted molar refractivity (Wildman–Crippen MR) is 112 cm³/mol. The summed E-state index contributed by atoms with van der Waals surface area (Å²) in [6, 6.07) is 22.8. The Morgan fingerprint density at radius 2 is 1.46 bits per heavy atom. The topological polar surface area (TPSA) is 75.3 Å². The summed E-state index contributed by atoms with van der Waals surface area (Å²) in [5.41, 5.74) is 2.84. The van der Waals surface area contributed by atoms with Gasteiger partial charge in [-0.1, -0.05) is 48.5 Å². The lowest BCUT2D eigenvalue weighted by atomic mass is 10.0. The lowest BCUT2D eigenvalue weighted by Gasteiger charge is -2.13. The SMILES string of the molecule is Cc1ccccc1NS(=O)(=O)c1ccc(NC(=O)C(C)c2ccccc2)cc1. The summed E-state index contributed by atoms with van der Waals surface area (Å²) in [6.07, 6.45) is 0. The van der Waals surface area contributed by atoms with Crippen LogP contribution in [-0.4, -0.2) is 14.3 Å². The summed E-state index contributed by atoms with van der Waals surface area (Å²) in [7, 11) is -3.70. The predicted octanol–water partition coefficient (Wildman–Crippen LogP) is 4.54. The average molecular weight is 394 g/mol. The second kappa shape index (κ2) is 8.27. The maximum absolute atomic E-state index is 12.6. The van der Waals surface area contributed by atoms with Crippen LogP contribution in [0.3, 0.4) is 0 Å². The molecule has 1 amide bonds. The van der Waals surface area contributed by atoms with Crippen LogP contribution in [0.5, 0.6) is 0 Å². The Kier molecular flexibility index (Phi) is 5.80. The molecule has 5 nitrogen and oxygen atoms in total. The molecule has 0 aliphatic carbocycles. The molecule has 0 saturated carbocycles. The van der Waals surface area contributed by atoms with E-state index in [2.05, 4.69) is 10.0 Å². The second-order valence-corrected chi connectivity index (χ2v) is 8.25. The minimum Gasteiger partial charge on any atom is -0.326 e. The Morgan fingerprint density at radius 3 is 2.11 bits per heavy atom. The number of para-hydroxylation sites is 1. The van der Waals surface area contributed by atoms with Gasteiger partial charge in [-0.3, -0.25) is 9.52 Å². The number of hydrogen-bond donors (Lipinski definition) is 2. The smallest absolute Gasteiger partial charge is 0.261 e. The largest absolute Gasteiger partial charge is 0.326 e. The van der Waals surface area contributed by atoms with E-state index in [9.17, 15) is 13.2 Å². The number of carbonyl (C=O) groups excluding carboxylic acids is 1. The Balaban J connectivity index is 1.71. The molecule has 6 heteroatoms. The molecule has 0 spiro atoms. The Morgan fingerprint density at radius 1 is 0.857 bits per heavy atom. The maximum Gasteiger partial charge on any atom is 0.261 e. The van der Waals surface area contributed by atoms with Crippen LogP contribution in [0.15, 0.2) is 83.8 Å². The molecular formula is C22H22N2O3S. The van der Waals surface area contributed by atoms with Crippen molar-refractivity contribution in [3.05, 3.63) is 90.0 Å². The Bertz CT molecular complexity index is 1060. The fraction of sp³-hybridized carbons (Fsp3) is 0.136. The quantitative estimate of drug-likeness (QED) is 0.645. The summed E-state index contributed by atoms with van der Waals surface area (Å²) in [6.45, 7) is 3.67. The first kappa shape index (κ1) is 19.6. The summed E-state index contributed by atoms with van der Waals surface area (Å²) in [4.78, 5) is 12.6. The number of aryl methyl sites for hydroxylation is 1. The van der Waals surface area contributed by atoms with Crippen molar-refractivity contribution in [3.8, 4) is 0 Å². The molecule has 2 N–H and O–H groups in total. The molecule has 0 radical (unpaired) electrons. The third-order valence-electron chi connectivity index (χ3n) is 4.51. The van der Waals surface area contributed by atoms with Gasteiger partial charge in [0.1, 0.15) is 0 Å². The maximum atomic E-state index is 12.6. The van der Waals surface area contributed by atoms with E-state index in [0.717, 1.165) is 11.1 Å². The van der Waals surface area contributed by atoms with Crippen LogP contribution in [0.2, 0.25) is 0 Å². The second-order valence-electron chi connectivity index (χ2n) is 6.57. The van der Waals surface area contributed by atoms with Gasteiger partial charge in [0, 0.05) is 5.69 Å². The van der Waals surface area contributed by atoms with Crippen LogP contribution >= 0.6 is 0 Å². The van der Waals surface area contributed by atoms with Gasteiger partial charge >= 0.3 is 0 Å². The first-order chi connectivity index (χ1) is 13.4. The molecule has 28 heavy (non-hydrogen) atoms. The van der Waals surface area contributed by atoms with Crippen molar-refractivity contribution in [3.63, 3.8) is 0 Å². The van der Waals surface area contributed by atoms with Crippen molar-refractivity contribution in [2.75, 3.05) is 10.0 Å². The van der Waals surface area contributed by atoms with E-state index < -0.39 is 10.0 Å². The number of rotatable bonds is 6. The average Bonchev–Trinajstić information content (AvgIpc) is 2.70. The lowest BCUT2D eigenvalue weighted by molar-refractivity contribution is -0.117. The molecule has 0 aromatic heterocycles. The molecule has 0 heterocycles. The van der Waals surface area contributed by atoms with Gasteiger partial charge < -0.3 is 5.32 Å². The van der Waals surface area contributed by atoms with Crippen molar-refractivity contribution in [1.29, 1.82) is 0 Å². The number of benzene rings is 3. The van der Waals surface area contributed by atoms with Crippen molar-refractivity contribution in [2.24, 2.45) is 0 Å². The molecule has 0 saturated heterocycles.